The zero-order chi connectivity index (χ0) is 33.7. The summed E-state index contributed by atoms with van der Waals surface area (Å²) in [6.45, 7) is 9.12. The van der Waals surface area contributed by atoms with Gasteiger partial charge in [-0.1, -0.05) is 24.3 Å². The minimum absolute atomic E-state index is 0.0126. The quantitative estimate of drug-likeness (QED) is 0.287. The van der Waals surface area contributed by atoms with Crippen molar-refractivity contribution in [3.05, 3.63) is 65.2 Å². The van der Waals surface area contributed by atoms with Crippen molar-refractivity contribution in [2.75, 3.05) is 24.4 Å². The highest BCUT2D eigenvalue weighted by Gasteiger charge is 2.63. The molecule has 1 N–H and O–H groups in total. The maximum Gasteiger partial charge on any atom is 0.410 e. The van der Waals surface area contributed by atoms with Gasteiger partial charge in [0.25, 0.3) is 5.91 Å². The number of aromatic nitrogens is 2. The van der Waals surface area contributed by atoms with Gasteiger partial charge in [0.1, 0.15) is 11.7 Å². The molecular weight excluding hydrogens is 631 g/mol. The Morgan fingerprint density at radius 3 is 2.43 bits per heavy atom. The largest absolute Gasteiger partial charge is 0.470 e. The normalized spacial score (nSPS) is 20.6. The summed E-state index contributed by atoms with van der Waals surface area (Å²) < 4.78 is 57.5. The van der Waals surface area contributed by atoms with Gasteiger partial charge in [0, 0.05) is 35.2 Å². The summed E-state index contributed by atoms with van der Waals surface area (Å²) in [5, 5.41) is 0. The summed E-state index contributed by atoms with van der Waals surface area (Å²) in [6, 6.07) is 13.7. The minimum atomic E-state index is -4.38. The van der Waals surface area contributed by atoms with Crippen LogP contribution >= 0.6 is 11.9 Å². The van der Waals surface area contributed by atoms with Crippen LogP contribution in [0.5, 0.6) is 5.88 Å². The van der Waals surface area contributed by atoms with Crippen molar-refractivity contribution < 1.29 is 32.2 Å². The lowest BCUT2D eigenvalue weighted by atomic mass is 10.00. The van der Waals surface area contributed by atoms with E-state index < -0.39 is 41.3 Å². The van der Waals surface area contributed by atoms with E-state index >= 15 is 0 Å². The number of likely N-dealkylation sites (tertiary alicyclic amines) is 1. The number of benzene rings is 2. The second-order valence-electron chi connectivity index (χ2n) is 13.5. The second kappa shape index (κ2) is 12.2. The van der Waals surface area contributed by atoms with E-state index in [0.717, 1.165) is 16.7 Å². The van der Waals surface area contributed by atoms with Crippen LogP contribution < -0.4 is 9.46 Å². The molecule has 6 rings (SSSR count). The van der Waals surface area contributed by atoms with E-state index in [1.54, 1.807) is 45.0 Å². The van der Waals surface area contributed by atoms with Crippen molar-refractivity contribution in [2.45, 2.75) is 82.7 Å². The molecular formula is C34H38F3N5O4S. The highest BCUT2D eigenvalue weighted by molar-refractivity contribution is 8.00. The van der Waals surface area contributed by atoms with Crippen LogP contribution in [0.2, 0.25) is 0 Å². The van der Waals surface area contributed by atoms with Gasteiger partial charge in [0.05, 0.1) is 23.7 Å². The topological polar surface area (TPSA) is 96.9 Å². The average Bonchev–Trinajstić information content (AvgIpc) is 3.69. The molecule has 0 spiro atoms. The number of hydrogen-bond donors (Lipinski definition) is 1. The maximum absolute atomic E-state index is 14.2. The van der Waals surface area contributed by atoms with E-state index in [1.807, 2.05) is 38.1 Å². The number of alkyl halides is 3. The first-order valence-corrected chi connectivity index (χ1v) is 16.4. The summed E-state index contributed by atoms with van der Waals surface area (Å²) in [5.74, 6) is 0.0369. The van der Waals surface area contributed by atoms with E-state index in [0.29, 0.717) is 16.2 Å². The Morgan fingerprint density at radius 2 is 1.77 bits per heavy atom. The first-order valence-electron chi connectivity index (χ1n) is 15.6. The Bertz CT molecular complexity index is 1670. The van der Waals surface area contributed by atoms with Crippen LogP contribution in [-0.4, -0.2) is 75.3 Å². The van der Waals surface area contributed by atoms with Gasteiger partial charge in [0.15, 0.2) is 0 Å². The predicted molar refractivity (Wildman–Crippen MR) is 172 cm³/mol. The second-order valence-corrected chi connectivity index (χ2v) is 14.4. The third-order valence-electron chi connectivity index (χ3n) is 8.89. The highest BCUT2D eigenvalue weighted by Crippen LogP contribution is 2.60. The zero-order valence-corrected chi connectivity index (χ0v) is 27.8. The SMILES string of the molecule is Cc1cccc(C)c1-c1cc2nc(n1)NSc1cccc(c1)C(=O)N(CCC1(C(F)(F)F)CC1)[C@@H]1CN(C(=O)OC(C)(C)C)C[C@H]1O2. The van der Waals surface area contributed by atoms with Gasteiger partial charge in [-0.25, -0.2) is 9.78 Å². The number of ether oxygens (including phenoxy) is 2. The lowest BCUT2D eigenvalue weighted by Crippen LogP contribution is -2.50. The number of fused-ring (bicyclic) bond motifs is 5. The van der Waals surface area contributed by atoms with Gasteiger partial charge >= 0.3 is 12.3 Å². The first kappa shape index (κ1) is 32.9. The molecule has 1 saturated heterocycles. The molecule has 47 heavy (non-hydrogen) atoms. The lowest BCUT2D eigenvalue weighted by molar-refractivity contribution is -0.189. The van der Waals surface area contributed by atoms with Crippen LogP contribution in [0.25, 0.3) is 11.3 Å². The summed E-state index contributed by atoms with van der Waals surface area (Å²) in [5.41, 5.74) is 1.24. The Morgan fingerprint density at radius 1 is 1.06 bits per heavy atom. The fraction of sp³-hybridized carbons (Fsp3) is 0.471. The molecule has 0 unspecified atom stereocenters. The minimum Gasteiger partial charge on any atom is -0.470 e. The number of amides is 2. The molecule has 1 aliphatic carbocycles. The van der Waals surface area contributed by atoms with Gasteiger partial charge < -0.3 is 19.3 Å². The number of carbonyl (C=O) groups excluding carboxylic acids is 2. The number of nitrogens with one attached hydrogen (secondary N) is 1. The molecule has 1 aromatic heterocycles. The Labute approximate surface area is 276 Å². The number of anilines is 1. The predicted octanol–water partition coefficient (Wildman–Crippen LogP) is 7.43. The molecule has 3 aliphatic rings. The molecule has 9 nitrogen and oxygen atoms in total. The van der Waals surface area contributed by atoms with E-state index in [1.165, 1.54) is 21.7 Å². The van der Waals surface area contributed by atoms with Crippen molar-refractivity contribution >= 4 is 29.9 Å². The van der Waals surface area contributed by atoms with Gasteiger partial charge in [-0.05, 0) is 95.2 Å². The number of carbonyl (C=O) groups is 2. The number of hydrogen-bond acceptors (Lipinski definition) is 8. The smallest absolute Gasteiger partial charge is 0.410 e. The summed E-state index contributed by atoms with van der Waals surface area (Å²) in [7, 11) is 0. The Hall–Kier alpha value is -4.00. The number of aryl methyl sites for hydroxylation is 2. The fourth-order valence-corrected chi connectivity index (χ4v) is 6.85. The molecule has 13 heteroatoms. The molecule has 250 valence electrons. The van der Waals surface area contributed by atoms with Gasteiger partial charge in [0.2, 0.25) is 11.8 Å². The molecule has 2 atom stereocenters. The number of nitrogens with zero attached hydrogens (tertiary/aromatic N) is 4. The van der Waals surface area contributed by atoms with Crippen molar-refractivity contribution in [3.8, 4) is 17.1 Å². The van der Waals surface area contributed by atoms with E-state index in [2.05, 4.69) is 9.71 Å². The van der Waals surface area contributed by atoms with Crippen molar-refractivity contribution in [1.29, 1.82) is 0 Å². The molecule has 4 bridgehead atoms. The van der Waals surface area contributed by atoms with Gasteiger partial charge in [-0.15, -0.1) is 0 Å². The van der Waals surface area contributed by atoms with Gasteiger partial charge in [-0.2, -0.15) is 18.2 Å². The van der Waals surface area contributed by atoms with Crippen LogP contribution in [0.15, 0.2) is 53.4 Å². The Kier molecular flexibility index (Phi) is 8.56. The Balaban J connectivity index is 1.44. The maximum atomic E-state index is 14.2. The van der Waals surface area contributed by atoms with E-state index in [-0.39, 0.29) is 50.7 Å². The van der Waals surface area contributed by atoms with E-state index in [9.17, 15) is 22.8 Å². The fourth-order valence-electron chi connectivity index (χ4n) is 6.22. The molecule has 3 aromatic rings. The van der Waals surface area contributed by atoms with Crippen LogP contribution in [-0.2, 0) is 4.74 Å². The monoisotopic (exact) mass is 669 g/mol. The van der Waals surface area contributed by atoms with Crippen molar-refractivity contribution in [2.24, 2.45) is 5.41 Å². The zero-order valence-electron chi connectivity index (χ0n) is 27.0. The summed E-state index contributed by atoms with van der Waals surface area (Å²) >= 11 is 1.21. The van der Waals surface area contributed by atoms with Crippen LogP contribution in [0, 0.1) is 19.3 Å². The number of rotatable bonds is 4. The molecule has 2 fully saturated rings. The van der Waals surface area contributed by atoms with Crippen LogP contribution in [0.1, 0.15) is 61.5 Å². The van der Waals surface area contributed by atoms with Crippen molar-refractivity contribution in [1.82, 2.24) is 19.8 Å². The standard InChI is InChI=1S/C34H38F3N5O4S/c1-20-8-6-9-21(2)28(20)24-17-27-39-30(38-24)40-47-23-11-7-10-22(16-23)29(43)42(15-14-33(12-13-33)34(35,36)37)25-18-41(19-26(25)45-27)31(44)46-32(3,4)5/h6-11,16-17,25-26H,12-15,18-19H2,1-5H3,(H,38,39,40)/t25-,26-/m1/s1. The molecule has 2 aromatic carbocycles. The third kappa shape index (κ3) is 7.00. The van der Waals surface area contributed by atoms with Crippen LogP contribution in [0.4, 0.5) is 23.9 Å². The molecule has 3 heterocycles. The first-order chi connectivity index (χ1) is 22.1. The van der Waals surface area contributed by atoms with Crippen molar-refractivity contribution in [3.63, 3.8) is 0 Å². The van der Waals surface area contributed by atoms with Crippen LogP contribution in [0.3, 0.4) is 0 Å². The summed E-state index contributed by atoms with van der Waals surface area (Å²) in [4.78, 5) is 40.5. The number of halogens is 3. The highest BCUT2D eigenvalue weighted by atomic mass is 32.2. The third-order valence-corrected chi connectivity index (χ3v) is 9.66. The molecule has 2 amide bonds. The summed E-state index contributed by atoms with van der Waals surface area (Å²) in [6.07, 6.45) is -6.00. The lowest BCUT2D eigenvalue weighted by Gasteiger charge is -2.34. The van der Waals surface area contributed by atoms with Gasteiger partial charge in [-0.3, -0.25) is 9.52 Å². The molecule has 2 aliphatic heterocycles. The van der Waals surface area contributed by atoms with E-state index in [4.69, 9.17) is 14.5 Å². The molecule has 1 saturated carbocycles. The average molecular weight is 670 g/mol. The molecule has 0 radical (unpaired) electrons.